The van der Waals surface area contributed by atoms with Crippen LogP contribution >= 0.6 is 0 Å². The van der Waals surface area contributed by atoms with Crippen LogP contribution in [0.2, 0.25) is 0 Å². The number of carbonyl (C=O) groups is 1. The van der Waals surface area contributed by atoms with Gasteiger partial charge in [-0.2, -0.15) is 0 Å². The van der Waals surface area contributed by atoms with Gasteiger partial charge in [-0.15, -0.1) is 0 Å². The van der Waals surface area contributed by atoms with Crippen LogP contribution < -0.4 is 5.32 Å². The monoisotopic (exact) mass is 280 g/mol. The lowest BCUT2D eigenvalue weighted by atomic mass is 10.2. The van der Waals surface area contributed by atoms with Gasteiger partial charge in [0, 0.05) is 17.8 Å². The van der Waals surface area contributed by atoms with Gasteiger partial charge in [0.25, 0.3) is 0 Å². The molecule has 0 fully saturated rings. The summed E-state index contributed by atoms with van der Waals surface area (Å²) in [5.41, 5.74) is 2.15. The molecular weight excluding hydrogens is 268 g/mol. The number of carboxylic acids is 1. The first kappa shape index (κ1) is 13.0. The van der Waals surface area contributed by atoms with Gasteiger partial charge in [0.05, 0.1) is 29.6 Å². The lowest BCUT2D eigenvalue weighted by molar-refractivity contribution is 0.0691. The Morgan fingerprint density at radius 3 is 2.86 bits per heavy atom. The van der Waals surface area contributed by atoms with E-state index in [-0.39, 0.29) is 5.69 Å². The molecule has 0 atom stereocenters. The molecule has 3 aromatic rings. The molecule has 0 aliphatic heterocycles. The van der Waals surface area contributed by atoms with Crippen molar-refractivity contribution in [2.24, 2.45) is 0 Å². The van der Waals surface area contributed by atoms with E-state index in [9.17, 15) is 4.79 Å². The molecule has 3 aromatic heterocycles. The summed E-state index contributed by atoms with van der Waals surface area (Å²) in [5, 5.41) is 13.0. The van der Waals surface area contributed by atoms with E-state index in [1.165, 1.54) is 6.07 Å². The molecule has 3 rings (SSSR count). The van der Waals surface area contributed by atoms with Crippen LogP contribution in [0, 0.1) is 0 Å². The average molecular weight is 280 g/mol. The van der Waals surface area contributed by atoms with E-state index >= 15 is 0 Å². The highest BCUT2D eigenvalue weighted by Crippen LogP contribution is 2.20. The van der Waals surface area contributed by atoms with Crippen LogP contribution in [0.25, 0.3) is 10.9 Å². The van der Waals surface area contributed by atoms with Crippen LogP contribution in [-0.2, 0) is 6.54 Å². The van der Waals surface area contributed by atoms with Gasteiger partial charge in [-0.05, 0) is 24.3 Å². The average Bonchev–Trinajstić information content (AvgIpc) is 2.53. The Morgan fingerprint density at radius 2 is 2.10 bits per heavy atom. The molecule has 0 amide bonds. The first-order valence-electron chi connectivity index (χ1n) is 6.36. The Hall–Kier alpha value is -3.02. The summed E-state index contributed by atoms with van der Waals surface area (Å²) in [5.74, 6) is -1.05. The normalized spacial score (nSPS) is 10.5. The first-order valence-corrected chi connectivity index (χ1v) is 6.36. The molecule has 0 bridgehead atoms. The van der Waals surface area contributed by atoms with E-state index in [1.807, 2.05) is 18.2 Å². The molecule has 0 radical (unpaired) electrons. The number of hydrogen-bond donors (Lipinski definition) is 2. The summed E-state index contributed by atoms with van der Waals surface area (Å²) in [6.07, 6.45) is 5.00. The van der Waals surface area contributed by atoms with Gasteiger partial charge in [0.1, 0.15) is 5.69 Å². The molecule has 0 spiro atoms. The predicted octanol–water partition coefficient (Wildman–Crippen LogP) is 2.34. The zero-order valence-electron chi connectivity index (χ0n) is 11.0. The van der Waals surface area contributed by atoms with Crippen LogP contribution in [0.15, 0.2) is 48.9 Å². The van der Waals surface area contributed by atoms with E-state index in [2.05, 4.69) is 20.3 Å². The molecule has 21 heavy (non-hydrogen) atoms. The van der Waals surface area contributed by atoms with E-state index < -0.39 is 5.97 Å². The zero-order chi connectivity index (χ0) is 14.7. The summed E-state index contributed by atoms with van der Waals surface area (Å²) in [6.45, 7) is 0.514. The number of rotatable bonds is 4. The van der Waals surface area contributed by atoms with Gasteiger partial charge in [0.15, 0.2) is 0 Å². The minimum absolute atomic E-state index is 0.00888. The maximum atomic E-state index is 11.0. The molecule has 104 valence electrons. The van der Waals surface area contributed by atoms with Gasteiger partial charge >= 0.3 is 5.97 Å². The summed E-state index contributed by atoms with van der Waals surface area (Å²) >= 11 is 0. The zero-order valence-corrected chi connectivity index (χ0v) is 11.0. The summed E-state index contributed by atoms with van der Waals surface area (Å²) in [4.78, 5) is 23.5. The van der Waals surface area contributed by atoms with Crippen molar-refractivity contribution in [3.05, 3.63) is 60.3 Å². The molecular formula is C15H12N4O2. The number of nitrogens with zero attached hydrogens (tertiary/aromatic N) is 3. The maximum absolute atomic E-state index is 11.0. The first-order chi connectivity index (χ1) is 10.2. The van der Waals surface area contributed by atoms with Crippen molar-refractivity contribution in [2.75, 3.05) is 5.32 Å². The molecule has 0 unspecified atom stereocenters. The van der Waals surface area contributed by atoms with Crippen molar-refractivity contribution in [1.29, 1.82) is 0 Å². The van der Waals surface area contributed by atoms with Crippen LogP contribution in [0.3, 0.4) is 0 Å². The van der Waals surface area contributed by atoms with E-state index in [0.717, 1.165) is 11.1 Å². The number of aromatic carboxylic acids is 1. The minimum atomic E-state index is -1.05. The minimum Gasteiger partial charge on any atom is -0.477 e. The van der Waals surface area contributed by atoms with E-state index in [1.54, 1.807) is 24.7 Å². The second kappa shape index (κ2) is 5.54. The number of nitrogens with one attached hydrogen (secondary N) is 1. The third kappa shape index (κ3) is 2.79. The SMILES string of the molecule is O=C(O)c1ccc2cncc(NCc3ccccn3)c2n1. The van der Waals surface area contributed by atoms with Gasteiger partial charge in [-0.1, -0.05) is 6.07 Å². The van der Waals surface area contributed by atoms with Gasteiger partial charge in [-0.25, -0.2) is 9.78 Å². The quantitative estimate of drug-likeness (QED) is 0.762. The van der Waals surface area contributed by atoms with Crippen molar-refractivity contribution < 1.29 is 9.90 Å². The molecule has 0 saturated heterocycles. The van der Waals surface area contributed by atoms with E-state index in [0.29, 0.717) is 17.7 Å². The van der Waals surface area contributed by atoms with Crippen LogP contribution in [0.4, 0.5) is 5.69 Å². The summed E-state index contributed by atoms with van der Waals surface area (Å²) in [7, 11) is 0. The highest BCUT2D eigenvalue weighted by atomic mass is 16.4. The van der Waals surface area contributed by atoms with Gasteiger partial charge < -0.3 is 10.4 Å². The second-order valence-electron chi connectivity index (χ2n) is 4.44. The Morgan fingerprint density at radius 1 is 1.19 bits per heavy atom. The van der Waals surface area contributed by atoms with Crippen molar-refractivity contribution in [3.63, 3.8) is 0 Å². The Labute approximate surface area is 120 Å². The Balaban J connectivity index is 1.94. The third-order valence-electron chi connectivity index (χ3n) is 3.00. The number of anilines is 1. The van der Waals surface area contributed by atoms with Crippen molar-refractivity contribution in [2.45, 2.75) is 6.54 Å². The van der Waals surface area contributed by atoms with Crippen LogP contribution in [0.1, 0.15) is 16.2 Å². The topological polar surface area (TPSA) is 88.0 Å². The fourth-order valence-electron chi connectivity index (χ4n) is 1.98. The lowest BCUT2D eigenvalue weighted by Gasteiger charge is -2.08. The molecule has 0 aliphatic carbocycles. The molecule has 0 saturated carbocycles. The second-order valence-corrected chi connectivity index (χ2v) is 4.44. The number of fused-ring (bicyclic) bond motifs is 1. The lowest BCUT2D eigenvalue weighted by Crippen LogP contribution is -2.05. The molecule has 0 aromatic carbocycles. The largest absolute Gasteiger partial charge is 0.477 e. The number of carboxylic acid groups (broad SMARTS) is 1. The van der Waals surface area contributed by atoms with Gasteiger partial charge in [-0.3, -0.25) is 9.97 Å². The van der Waals surface area contributed by atoms with Crippen LogP contribution in [-0.4, -0.2) is 26.0 Å². The summed E-state index contributed by atoms with van der Waals surface area (Å²) in [6, 6.07) is 8.83. The third-order valence-corrected chi connectivity index (χ3v) is 3.00. The predicted molar refractivity (Wildman–Crippen MR) is 78.1 cm³/mol. The molecule has 3 heterocycles. The number of pyridine rings is 3. The van der Waals surface area contributed by atoms with Crippen molar-refractivity contribution >= 4 is 22.6 Å². The molecule has 0 aliphatic rings. The highest BCUT2D eigenvalue weighted by molar-refractivity contribution is 5.94. The molecule has 6 heteroatoms. The maximum Gasteiger partial charge on any atom is 0.354 e. The smallest absolute Gasteiger partial charge is 0.354 e. The fourth-order valence-corrected chi connectivity index (χ4v) is 1.98. The molecule has 6 nitrogen and oxygen atoms in total. The number of hydrogen-bond acceptors (Lipinski definition) is 5. The fraction of sp³-hybridized carbons (Fsp3) is 0.0667. The Kier molecular flexibility index (Phi) is 3.42. The van der Waals surface area contributed by atoms with Gasteiger partial charge in [0.2, 0.25) is 0 Å². The number of aromatic nitrogens is 3. The van der Waals surface area contributed by atoms with Crippen molar-refractivity contribution in [1.82, 2.24) is 15.0 Å². The molecule has 2 N–H and O–H groups in total. The highest BCUT2D eigenvalue weighted by Gasteiger charge is 2.09. The Bertz CT molecular complexity index is 790. The van der Waals surface area contributed by atoms with E-state index in [4.69, 9.17) is 5.11 Å². The van der Waals surface area contributed by atoms with Crippen LogP contribution in [0.5, 0.6) is 0 Å². The standard InChI is InChI=1S/C15H12N4O2/c20-15(21)12-5-4-10-7-16-9-13(14(10)19-12)18-8-11-3-1-2-6-17-11/h1-7,9,18H,8H2,(H,20,21). The van der Waals surface area contributed by atoms with Crippen molar-refractivity contribution in [3.8, 4) is 0 Å². The summed E-state index contributed by atoms with van der Waals surface area (Å²) < 4.78 is 0.